The van der Waals surface area contributed by atoms with Crippen molar-refractivity contribution in [2.75, 3.05) is 34.3 Å². The molecule has 0 fully saturated rings. The van der Waals surface area contributed by atoms with Crippen molar-refractivity contribution in [1.82, 2.24) is 10.2 Å². The first-order chi connectivity index (χ1) is 4.72. The molecule has 4 nitrogen and oxygen atoms in total. The zero-order chi connectivity index (χ0) is 7.98. The Morgan fingerprint density at radius 2 is 2.18 bits per heavy atom. The van der Waals surface area contributed by atoms with E-state index in [1.54, 1.807) is 7.05 Å². The van der Waals surface area contributed by atoms with E-state index in [4.69, 9.17) is 0 Å². The maximum Gasteiger partial charge on any atom is 0.409 e. The number of ether oxygens (including phenoxy) is 1. The highest BCUT2D eigenvalue weighted by Gasteiger charge is 2.04. The van der Waals surface area contributed by atoms with Gasteiger partial charge in [0.15, 0.2) is 0 Å². The van der Waals surface area contributed by atoms with Crippen LogP contribution in [0.1, 0.15) is 0 Å². The van der Waals surface area contributed by atoms with Gasteiger partial charge in [-0.3, -0.25) is 0 Å². The van der Waals surface area contributed by atoms with Crippen LogP contribution in [0.15, 0.2) is 0 Å². The summed E-state index contributed by atoms with van der Waals surface area (Å²) in [6.07, 6.45) is -0.296. The fourth-order valence-corrected chi connectivity index (χ4v) is 0.527. The standard InChI is InChI=1S/C6H14N2O2.ClH/c1-7-4-5-8(2)6(9)10-3;/h7H,4-5H2,1-3H3;1H. The summed E-state index contributed by atoms with van der Waals surface area (Å²) in [5.74, 6) is 0. The van der Waals surface area contributed by atoms with Crippen LogP contribution in [0.25, 0.3) is 0 Å². The maximum absolute atomic E-state index is 10.7. The topological polar surface area (TPSA) is 41.6 Å². The van der Waals surface area contributed by atoms with Crippen LogP contribution in [0, 0.1) is 0 Å². The number of carbonyl (C=O) groups is 1. The van der Waals surface area contributed by atoms with Crippen LogP contribution in [-0.4, -0.2) is 45.3 Å². The van der Waals surface area contributed by atoms with Gasteiger partial charge in [0.1, 0.15) is 0 Å². The highest BCUT2D eigenvalue weighted by molar-refractivity contribution is 5.85. The normalized spacial score (nSPS) is 8.27. The van der Waals surface area contributed by atoms with E-state index < -0.39 is 0 Å². The molecule has 5 heteroatoms. The predicted octanol–water partition coefficient (Wildman–Crippen LogP) is 0.326. The van der Waals surface area contributed by atoms with Crippen molar-refractivity contribution >= 4 is 18.5 Å². The Morgan fingerprint density at radius 1 is 1.64 bits per heavy atom. The molecule has 68 valence electrons. The van der Waals surface area contributed by atoms with Gasteiger partial charge >= 0.3 is 6.09 Å². The predicted molar refractivity (Wildman–Crippen MR) is 46.2 cm³/mol. The minimum atomic E-state index is -0.296. The van der Waals surface area contributed by atoms with Crippen molar-refractivity contribution in [1.29, 1.82) is 0 Å². The van der Waals surface area contributed by atoms with Crippen LogP contribution in [-0.2, 0) is 4.74 Å². The summed E-state index contributed by atoms with van der Waals surface area (Å²) in [7, 11) is 4.91. The monoisotopic (exact) mass is 182 g/mol. The highest BCUT2D eigenvalue weighted by Crippen LogP contribution is 1.85. The molecule has 0 aromatic rings. The quantitative estimate of drug-likeness (QED) is 0.684. The van der Waals surface area contributed by atoms with Crippen molar-refractivity contribution in [2.45, 2.75) is 0 Å². The second-order valence-electron chi connectivity index (χ2n) is 2.00. The van der Waals surface area contributed by atoms with Gasteiger partial charge in [-0.2, -0.15) is 0 Å². The molecule has 0 radical (unpaired) electrons. The van der Waals surface area contributed by atoms with Crippen molar-refractivity contribution in [3.8, 4) is 0 Å². The molecule has 11 heavy (non-hydrogen) atoms. The Kier molecular flexibility index (Phi) is 9.10. The molecule has 0 bridgehead atoms. The van der Waals surface area contributed by atoms with Crippen LogP contribution in [0.3, 0.4) is 0 Å². The summed E-state index contributed by atoms with van der Waals surface area (Å²) in [6, 6.07) is 0. The van der Waals surface area contributed by atoms with Crippen LogP contribution < -0.4 is 5.32 Å². The average Bonchev–Trinajstić information content (AvgIpc) is 1.98. The lowest BCUT2D eigenvalue weighted by atomic mass is 10.6. The minimum Gasteiger partial charge on any atom is -0.453 e. The Balaban J connectivity index is 0. The highest BCUT2D eigenvalue weighted by atomic mass is 35.5. The summed E-state index contributed by atoms with van der Waals surface area (Å²) in [5.41, 5.74) is 0. The molecule has 0 heterocycles. The fraction of sp³-hybridized carbons (Fsp3) is 0.833. The third-order valence-electron chi connectivity index (χ3n) is 1.18. The molecule has 0 aromatic carbocycles. The third kappa shape index (κ3) is 5.94. The molecular formula is C6H15ClN2O2. The molecular weight excluding hydrogens is 168 g/mol. The Morgan fingerprint density at radius 3 is 2.55 bits per heavy atom. The first kappa shape index (κ1) is 13.1. The smallest absolute Gasteiger partial charge is 0.409 e. The van der Waals surface area contributed by atoms with E-state index in [9.17, 15) is 4.79 Å². The number of nitrogens with one attached hydrogen (secondary N) is 1. The van der Waals surface area contributed by atoms with Crippen molar-refractivity contribution in [2.24, 2.45) is 0 Å². The second kappa shape index (κ2) is 7.63. The van der Waals surface area contributed by atoms with Gasteiger partial charge in [0.25, 0.3) is 0 Å². The maximum atomic E-state index is 10.7. The van der Waals surface area contributed by atoms with E-state index in [0.717, 1.165) is 6.54 Å². The number of hydrogen-bond donors (Lipinski definition) is 1. The molecule has 0 aliphatic carbocycles. The largest absolute Gasteiger partial charge is 0.453 e. The average molecular weight is 183 g/mol. The number of rotatable bonds is 3. The number of methoxy groups -OCH3 is 1. The number of likely N-dealkylation sites (N-methyl/N-ethyl adjacent to an activating group) is 2. The lowest BCUT2D eigenvalue weighted by Gasteiger charge is -2.14. The summed E-state index contributed by atoms with van der Waals surface area (Å²) >= 11 is 0. The van der Waals surface area contributed by atoms with Gasteiger partial charge in [-0.1, -0.05) is 0 Å². The third-order valence-corrected chi connectivity index (χ3v) is 1.18. The molecule has 0 saturated carbocycles. The lowest BCUT2D eigenvalue weighted by Crippen LogP contribution is -2.32. The molecule has 0 spiro atoms. The van der Waals surface area contributed by atoms with Crippen LogP contribution in [0.2, 0.25) is 0 Å². The summed E-state index contributed by atoms with van der Waals surface area (Å²) < 4.78 is 4.47. The Hall–Kier alpha value is -0.480. The molecule has 0 unspecified atom stereocenters. The van der Waals surface area contributed by atoms with Gasteiger partial charge in [0.05, 0.1) is 7.11 Å². The van der Waals surface area contributed by atoms with Crippen LogP contribution in [0.4, 0.5) is 4.79 Å². The molecule has 0 aliphatic heterocycles. The van der Waals surface area contributed by atoms with E-state index in [0.29, 0.717) is 6.54 Å². The van der Waals surface area contributed by atoms with E-state index in [-0.39, 0.29) is 18.5 Å². The summed E-state index contributed by atoms with van der Waals surface area (Å²) in [5, 5.41) is 2.93. The second-order valence-corrected chi connectivity index (χ2v) is 2.00. The molecule has 0 rings (SSSR count). The van der Waals surface area contributed by atoms with Gasteiger partial charge in [-0.05, 0) is 7.05 Å². The first-order valence-electron chi connectivity index (χ1n) is 3.16. The van der Waals surface area contributed by atoms with Gasteiger partial charge < -0.3 is 15.0 Å². The molecule has 1 N–H and O–H groups in total. The number of hydrogen-bond acceptors (Lipinski definition) is 3. The van der Waals surface area contributed by atoms with E-state index in [1.807, 2.05) is 7.05 Å². The van der Waals surface area contributed by atoms with Gasteiger partial charge in [0.2, 0.25) is 0 Å². The van der Waals surface area contributed by atoms with Crippen LogP contribution >= 0.6 is 12.4 Å². The van der Waals surface area contributed by atoms with Crippen LogP contribution in [0.5, 0.6) is 0 Å². The van der Waals surface area contributed by atoms with Gasteiger partial charge in [-0.25, -0.2) is 4.79 Å². The minimum absolute atomic E-state index is 0. The zero-order valence-corrected chi connectivity index (χ0v) is 7.90. The molecule has 1 amide bonds. The summed E-state index contributed by atoms with van der Waals surface area (Å²) in [6.45, 7) is 1.45. The van der Waals surface area contributed by atoms with E-state index >= 15 is 0 Å². The lowest BCUT2D eigenvalue weighted by molar-refractivity contribution is 0.134. The number of nitrogens with zero attached hydrogens (tertiary/aromatic N) is 1. The number of carbonyl (C=O) groups excluding carboxylic acids is 1. The van der Waals surface area contributed by atoms with Crippen molar-refractivity contribution in [3.63, 3.8) is 0 Å². The first-order valence-corrected chi connectivity index (χ1v) is 3.16. The molecule has 0 aromatic heterocycles. The summed E-state index contributed by atoms with van der Waals surface area (Å²) in [4.78, 5) is 12.2. The zero-order valence-electron chi connectivity index (χ0n) is 7.09. The number of amides is 1. The van der Waals surface area contributed by atoms with Crippen molar-refractivity contribution < 1.29 is 9.53 Å². The van der Waals surface area contributed by atoms with Gasteiger partial charge in [0, 0.05) is 20.1 Å². The van der Waals surface area contributed by atoms with Crippen molar-refractivity contribution in [3.05, 3.63) is 0 Å². The number of halogens is 1. The molecule has 0 atom stereocenters. The Bertz CT molecular complexity index is 111. The Labute approximate surface area is 73.3 Å². The SMILES string of the molecule is CNCCN(C)C(=O)OC.Cl. The molecule has 0 saturated heterocycles. The van der Waals surface area contributed by atoms with E-state index in [1.165, 1.54) is 12.0 Å². The van der Waals surface area contributed by atoms with Gasteiger partial charge in [-0.15, -0.1) is 12.4 Å². The fourth-order valence-electron chi connectivity index (χ4n) is 0.527. The molecule has 0 aliphatic rings. The van der Waals surface area contributed by atoms with E-state index in [2.05, 4.69) is 10.1 Å².